The normalized spacial score (nSPS) is 18.6. The maximum atomic E-state index is 13.9. The monoisotopic (exact) mass is 455 g/mol. The molecule has 0 aromatic heterocycles. The molecule has 178 valence electrons. The number of rotatable bonds is 11. The van der Waals surface area contributed by atoms with Gasteiger partial charge in [-0.2, -0.15) is 0 Å². The van der Waals surface area contributed by atoms with E-state index in [1.54, 1.807) is 25.1 Å². The van der Waals surface area contributed by atoms with Gasteiger partial charge in [-0.05, 0) is 68.0 Å². The fourth-order valence-electron chi connectivity index (χ4n) is 4.39. The Morgan fingerprint density at radius 2 is 2.09 bits per heavy atom. The van der Waals surface area contributed by atoms with Crippen LogP contribution in [0.5, 0.6) is 0 Å². The Hall–Kier alpha value is -2.54. The largest absolute Gasteiger partial charge is 0.481 e. The number of likely N-dealkylation sites (tertiary alicyclic amines) is 1. The zero-order valence-corrected chi connectivity index (χ0v) is 19.4. The van der Waals surface area contributed by atoms with Crippen molar-refractivity contribution in [3.8, 4) is 0 Å². The van der Waals surface area contributed by atoms with Gasteiger partial charge in [0.2, 0.25) is 0 Å². The van der Waals surface area contributed by atoms with Crippen molar-refractivity contribution in [2.24, 2.45) is 0 Å². The summed E-state index contributed by atoms with van der Waals surface area (Å²) >= 11 is 0. The summed E-state index contributed by atoms with van der Waals surface area (Å²) in [5, 5.41) is 19.5. The lowest BCUT2D eigenvalue weighted by atomic mass is 10.0. The first-order valence-electron chi connectivity index (χ1n) is 11.6. The second-order valence-corrected chi connectivity index (χ2v) is 8.84. The highest BCUT2D eigenvalue weighted by molar-refractivity contribution is 5.70. The van der Waals surface area contributed by atoms with Crippen LogP contribution in [0.25, 0.3) is 6.08 Å². The molecule has 6 heteroatoms. The lowest BCUT2D eigenvalue weighted by Crippen LogP contribution is -2.39. The summed E-state index contributed by atoms with van der Waals surface area (Å²) in [6, 6.07) is 13.4. The molecule has 0 amide bonds. The molecule has 2 aromatic rings. The summed E-state index contributed by atoms with van der Waals surface area (Å²) in [5.74, 6) is -1.04. The SMILES string of the molecule is Cc1ccc(C[C@@H]2CCCN2C[C@@H](O)CO[C@H](C)c2ccccc2C=CCC(=O)O)cc1F. The first kappa shape index (κ1) is 25.1. The summed E-state index contributed by atoms with van der Waals surface area (Å²) in [6.45, 7) is 5.34. The molecule has 5 nitrogen and oxygen atoms in total. The summed E-state index contributed by atoms with van der Waals surface area (Å²) in [7, 11) is 0. The number of carbonyl (C=O) groups is 1. The Labute approximate surface area is 195 Å². The highest BCUT2D eigenvalue weighted by Gasteiger charge is 2.27. The fourth-order valence-corrected chi connectivity index (χ4v) is 4.39. The zero-order valence-electron chi connectivity index (χ0n) is 19.4. The van der Waals surface area contributed by atoms with Crippen molar-refractivity contribution in [1.29, 1.82) is 0 Å². The summed E-state index contributed by atoms with van der Waals surface area (Å²) < 4.78 is 19.9. The van der Waals surface area contributed by atoms with Gasteiger partial charge < -0.3 is 14.9 Å². The molecule has 0 spiro atoms. The predicted octanol–water partition coefficient (Wildman–Crippen LogP) is 4.77. The van der Waals surface area contributed by atoms with E-state index in [9.17, 15) is 14.3 Å². The third kappa shape index (κ3) is 7.49. The van der Waals surface area contributed by atoms with Crippen molar-refractivity contribution < 1.29 is 24.1 Å². The van der Waals surface area contributed by atoms with Crippen molar-refractivity contribution in [2.45, 2.75) is 57.8 Å². The number of aliphatic carboxylic acids is 1. The van der Waals surface area contributed by atoms with Crippen LogP contribution >= 0.6 is 0 Å². The van der Waals surface area contributed by atoms with E-state index in [1.807, 2.05) is 43.3 Å². The van der Waals surface area contributed by atoms with Gasteiger partial charge in [-0.15, -0.1) is 0 Å². The van der Waals surface area contributed by atoms with E-state index >= 15 is 0 Å². The quantitative estimate of drug-likeness (QED) is 0.511. The van der Waals surface area contributed by atoms with Crippen LogP contribution in [0.3, 0.4) is 0 Å². The van der Waals surface area contributed by atoms with Crippen molar-refractivity contribution in [3.05, 3.63) is 76.6 Å². The zero-order chi connectivity index (χ0) is 23.8. The molecule has 33 heavy (non-hydrogen) atoms. The topological polar surface area (TPSA) is 70.0 Å². The molecule has 1 aliphatic rings. The van der Waals surface area contributed by atoms with Gasteiger partial charge >= 0.3 is 5.97 Å². The smallest absolute Gasteiger partial charge is 0.307 e. The van der Waals surface area contributed by atoms with Crippen molar-refractivity contribution in [3.63, 3.8) is 0 Å². The van der Waals surface area contributed by atoms with Gasteiger partial charge in [0.1, 0.15) is 5.82 Å². The number of aryl methyl sites for hydroxylation is 1. The summed E-state index contributed by atoms with van der Waals surface area (Å²) in [6.07, 6.45) is 5.40. The number of nitrogens with zero attached hydrogens (tertiary/aromatic N) is 1. The van der Waals surface area contributed by atoms with Crippen molar-refractivity contribution >= 4 is 12.0 Å². The number of aliphatic hydroxyl groups is 1. The second-order valence-electron chi connectivity index (χ2n) is 8.84. The average Bonchev–Trinajstić information content (AvgIpc) is 3.21. The van der Waals surface area contributed by atoms with Crippen LogP contribution in [0.15, 0.2) is 48.5 Å². The number of carboxylic acid groups (broad SMARTS) is 1. The second kappa shape index (κ2) is 12.1. The minimum absolute atomic E-state index is 0.0332. The molecule has 1 saturated heterocycles. The summed E-state index contributed by atoms with van der Waals surface area (Å²) in [5.41, 5.74) is 3.50. The Kier molecular flexibility index (Phi) is 9.18. The molecule has 2 aromatic carbocycles. The minimum Gasteiger partial charge on any atom is -0.481 e. The molecule has 1 fully saturated rings. The molecule has 3 atom stereocenters. The van der Waals surface area contributed by atoms with Gasteiger partial charge in [-0.25, -0.2) is 4.39 Å². The first-order chi connectivity index (χ1) is 15.8. The Morgan fingerprint density at radius 3 is 2.85 bits per heavy atom. The molecule has 0 saturated carbocycles. The maximum absolute atomic E-state index is 13.9. The van der Waals surface area contributed by atoms with Crippen LogP contribution < -0.4 is 0 Å². The third-order valence-corrected chi connectivity index (χ3v) is 6.21. The van der Waals surface area contributed by atoms with Crippen LogP contribution in [0.4, 0.5) is 4.39 Å². The molecular weight excluding hydrogens is 421 g/mol. The van der Waals surface area contributed by atoms with E-state index in [0.29, 0.717) is 18.2 Å². The summed E-state index contributed by atoms with van der Waals surface area (Å²) in [4.78, 5) is 13.0. The van der Waals surface area contributed by atoms with E-state index in [1.165, 1.54) is 0 Å². The molecule has 1 heterocycles. The molecule has 0 radical (unpaired) electrons. The van der Waals surface area contributed by atoms with Gasteiger partial charge in [0.25, 0.3) is 0 Å². The molecule has 2 N–H and O–H groups in total. The van der Waals surface area contributed by atoms with Gasteiger partial charge in [-0.1, -0.05) is 48.6 Å². The predicted molar refractivity (Wildman–Crippen MR) is 128 cm³/mol. The van der Waals surface area contributed by atoms with Crippen LogP contribution in [-0.2, 0) is 16.0 Å². The van der Waals surface area contributed by atoms with Gasteiger partial charge in [0, 0.05) is 12.6 Å². The van der Waals surface area contributed by atoms with E-state index in [0.717, 1.165) is 42.5 Å². The van der Waals surface area contributed by atoms with E-state index in [4.69, 9.17) is 9.84 Å². The van der Waals surface area contributed by atoms with Gasteiger partial charge in [-0.3, -0.25) is 9.69 Å². The highest BCUT2D eigenvalue weighted by Crippen LogP contribution is 2.25. The van der Waals surface area contributed by atoms with Crippen molar-refractivity contribution in [1.82, 2.24) is 4.90 Å². The Balaban J connectivity index is 1.52. The number of hydrogen-bond acceptors (Lipinski definition) is 4. The number of benzene rings is 2. The fraction of sp³-hybridized carbons (Fsp3) is 0.444. The van der Waals surface area contributed by atoms with Crippen LogP contribution in [0.1, 0.15) is 54.5 Å². The first-order valence-corrected chi connectivity index (χ1v) is 11.6. The molecule has 0 bridgehead atoms. The molecule has 0 unspecified atom stereocenters. The molecule has 1 aliphatic heterocycles. The Bertz CT molecular complexity index is 961. The highest BCUT2D eigenvalue weighted by atomic mass is 19.1. The van der Waals surface area contributed by atoms with E-state index in [2.05, 4.69) is 4.90 Å². The van der Waals surface area contributed by atoms with Crippen LogP contribution in [0.2, 0.25) is 0 Å². The number of carboxylic acids is 1. The minimum atomic E-state index is -0.871. The van der Waals surface area contributed by atoms with E-state index < -0.39 is 12.1 Å². The lowest BCUT2D eigenvalue weighted by Gasteiger charge is -2.27. The Morgan fingerprint density at radius 1 is 1.30 bits per heavy atom. The van der Waals surface area contributed by atoms with Crippen molar-refractivity contribution in [2.75, 3.05) is 19.7 Å². The van der Waals surface area contributed by atoms with Gasteiger partial charge in [0.15, 0.2) is 0 Å². The maximum Gasteiger partial charge on any atom is 0.307 e. The van der Waals surface area contributed by atoms with Crippen LogP contribution in [0, 0.1) is 12.7 Å². The molecule has 0 aliphatic carbocycles. The lowest BCUT2D eigenvalue weighted by molar-refractivity contribution is -0.135. The number of β-amino-alcohol motifs (C(OH)–C–C–N with tert-alkyl or cyclic N) is 1. The molecular formula is C27H34FNO4. The molecule has 3 rings (SSSR count). The number of aliphatic hydroxyl groups excluding tert-OH is 1. The van der Waals surface area contributed by atoms with Gasteiger partial charge in [0.05, 0.1) is 25.2 Å². The number of ether oxygens (including phenoxy) is 1. The van der Waals surface area contributed by atoms with E-state index in [-0.39, 0.29) is 24.9 Å². The standard InChI is InChI=1S/C27H34FNO4/c1-19-12-13-21(16-26(19)28)15-23-9-6-14-29(23)17-24(30)18-33-20(2)25-10-4-3-7-22(25)8-5-11-27(31)32/h3-5,7-8,10,12-13,16,20,23-24,30H,6,9,11,14-15,17-18H2,1-2H3,(H,31,32)/t20-,23+,24-/m1/s1. The average molecular weight is 456 g/mol. The number of hydrogen-bond donors (Lipinski definition) is 2. The number of halogens is 1. The third-order valence-electron chi connectivity index (χ3n) is 6.21. The van der Waals surface area contributed by atoms with Crippen LogP contribution in [-0.4, -0.2) is 52.9 Å².